The van der Waals surface area contributed by atoms with E-state index in [1.807, 2.05) is 6.07 Å². The van der Waals surface area contributed by atoms with Crippen molar-refractivity contribution in [2.45, 2.75) is 109 Å². The van der Waals surface area contributed by atoms with Gasteiger partial charge in [0.2, 0.25) is 0 Å². The van der Waals surface area contributed by atoms with Gasteiger partial charge in [0.15, 0.2) is 29.0 Å². The Morgan fingerprint density at radius 1 is 0.882 bits per heavy atom. The Hall–Kier alpha value is -1.08. The highest BCUT2D eigenvalue weighted by atomic mass is 28.4. The second-order valence-corrected chi connectivity index (χ2v) is 21.7. The number of esters is 1. The van der Waals surface area contributed by atoms with Gasteiger partial charge in [0.05, 0.1) is 12.2 Å². The standard InChI is InChI=1S/C25H44O7Si2/c1-24(2,3)33(7,8)31-20-19(30-22(27)17-14-12-11-13-15-17)18(16-26)29-23(28)21(20)32-34(9,10)25(4,5)6/h11-15,18-21,23,26,28H,16H2,1-10H3/t18-,19-,20+,21-,23+/m1/s1. The lowest BCUT2D eigenvalue weighted by atomic mass is 9.99. The largest absolute Gasteiger partial charge is 0.453 e. The van der Waals surface area contributed by atoms with Gasteiger partial charge in [-0.3, -0.25) is 0 Å². The van der Waals surface area contributed by atoms with E-state index in [0.29, 0.717) is 5.56 Å². The predicted octanol–water partition coefficient (Wildman–Crippen LogP) is 4.70. The van der Waals surface area contributed by atoms with Gasteiger partial charge in [-0.05, 0) is 48.4 Å². The van der Waals surface area contributed by atoms with Crippen LogP contribution in [0.3, 0.4) is 0 Å². The lowest BCUT2D eigenvalue weighted by Crippen LogP contribution is -2.66. The average molecular weight is 513 g/mol. The first-order chi connectivity index (χ1) is 15.4. The van der Waals surface area contributed by atoms with Crippen LogP contribution >= 0.6 is 0 Å². The predicted molar refractivity (Wildman–Crippen MR) is 138 cm³/mol. The fourth-order valence-corrected chi connectivity index (χ4v) is 5.83. The van der Waals surface area contributed by atoms with Crippen molar-refractivity contribution in [3.63, 3.8) is 0 Å². The Morgan fingerprint density at radius 2 is 1.35 bits per heavy atom. The molecule has 194 valence electrons. The summed E-state index contributed by atoms with van der Waals surface area (Å²) in [6.45, 7) is 20.6. The zero-order chi connectivity index (χ0) is 26.1. The van der Waals surface area contributed by atoms with Crippen molar-refractivity contribution in [2.75, 3.05) is 6.61 Å². The molecule has 5 atom stereocenters. The van der Waals surface area contributed by atoms with Gasteiger partial charge in [0.25, 0.3) is 0 Å². The van der Waals surface area contributed by atoms with Gasteiger partial charge in [-0.2, -0.15) is 0 Å². The third kappa shape index (κ3) is 6.57. The van der Waals surface area contributed by atoms with Crippen LogP contribution in [0, 0.1) is 0 Å². The summed E-state index contributed by atoms with van der Waals surface area (Å²) in [6, 6.07) is 8.67. The molecule has 1 aromatic rings. The first-order valence-electron chi connectivity index (χ1n) is 12.0. The summed E-state index contributed by atoms with van der Waals surface area (Å²) in [5.41, 5.74) is 0.387. The number of aliphatic hydroxyl groups excluding tert-OH is 2. The number of carbonyl (C=O) groups is 1. The van der Waals surface area contributed by atoms with Crippen molar-refractivity contribution >= 4 is 22.6 Å². The van der Waals surface area contributed by atoms with Crippen molar-refractivity contribution < 1.29 is 33.3 Å². The molecule has 9 heteroatoms. The molecule has 0 aromatic heterocycles. The second-order valence-electron chi connectivity index (χ2n) is 12.2. The summed E-state index contributed by atoms with van der Waals surface area (Å²) in [5.74, 6) is -0.543. The third-order valence-electron chi connectivity index (χ3n) is 7.52. The maximum absolute atomic E-state index is 13.0. The summed E-state index contributed by atoms with van der Waals surface area (Å²) in [7, 11) is -4.77. The van der Waals surface area contributed by atoms with Crippen LogP contribution < -0.4 is 0 Å². The number of aliphatic hydroxyl groups is 2. The number of hydrogen-bond acceptors (Lipinski definition) is 7. The fourth-order valence-electron chi connectivity index (χ4n) is 3.24. The summed E-state index contributed by atoms with van der Waals surface area (Å²) in [6.07, 6.45) is -4.90. The Labute approximate surface area is 207 Å². The van der Waals surface area contributed by atoms with E-state index in [4.69, 9.17) is 18.3 Å². The lowest BCUT2D eigenvalue weighted by Gasteiger charge is -2.51. The second kappa shape index (κ2) is 10.5. The lowest BCUT2D eigenvalue weighted by molar-refractivity contribution is -0.279. The number of hydrogen-bond donors (Lipinski definition) is 2. The van der Waals surface area contributed by atoms with Crippen LogP contribution in [0.1, 0.15) is 51.9 Å². The van der Waals surface area contributed by atoms with Crippen LogP contribution in [-0.2, 0) is 18.3 Å². The highest BCUT2D eigenvalue weighted by Crippen LogP contribution is 2.43. The van der Waals surface area contributed by atoms with E-state index < -0.39 is 59.9 Å². The van der Waals surface area contributed by atoms with Gasteiger partial charge in [-0.15, -0.1) is 0 Å². The maximum Gasteiger partial charge on any atom is 0.338 e. The van der Waals surface area contributed by atoms with Crippen molar-refractivity contribution in [2.24, 2.45) is 0 Å². The van der Waals surface area contributed by atoms with Gasteiger partial charge in [0.1, 0.15) is 18.3 Å². The van der Waals surface area contributed by atoms with E-state index >= 15 is 0 Å². The van der Waals surface area contributed by atoms with Gasteiger partial charge < -0.3 is 28.5 Å². The van der Waals surface area contributed by atoms with E-state index in [1.54, 1.807) is 24.3 Å². The Kier molecular flexibility index (Phi) is 9.00. The third-order valence-corrected chi connectivity index (χ3v) is 16.5. The van der Waals surface area contributed by atoms with E-state index in [-0.39, 0.29) is 10.1 Å². The minimum Gasteiger partial charge on any atom is -0.453 e. The van der Waals surface area contributed by atoms with Crippen LogP contribution in [0.15, 0.2) is 30.3 Å². The molecule has 1 fully saturated rings. The van der Waals surface area contributed by atoms with Crippen molar-refractivity contribution in [1.82, 2.24) is 0 Å². The molecular formula is C25H44O7Si2. The number of carbonyl (C=O) groups excluding carboxylic acids is 1. The molecule has 1 aromatic carbocycles. The fraction of sp³-hybridized carbons (Fsp3) is 0.720. The summed E-state index contributed by atoms with van der Waals surface area (Å²) >= 11 is 0. The van der Waals surface area contributed by atoms with Crippen LogP contribution in [0.25, 0.3) is 0 Å². The van der Waals surface area contributed by atoms with E-state index in [9.17, 15) is 15.0 Å². The Morgan fingerprint density at radius 3 is 1.79 bits per heavy atom. The Bertz CT molecular complexity index is 815. The topological polar surface area (TPSA) is 94.5 Å². The van der Waals surface area contributed by atoms with Crippen LogP contribution in [-0.4, -0.2) is 70.1 Å². The number of benzene rings is 1. The molecule has 1 aliphatic rings. The highest BCUT2D eigenvalue weighted by Gasteiger charge is 2.54. The van der Waals surface area contributed by atoms with Crippen molar-refractivity contribution in [1.29, 1.82) is 0 Å². The van der Waals surface area contributed by atoms with E-state index in [2.05, 4.69) is 67.7 Å². The molecule has 0 aliphatic carbocycles. The molecule has 0 spiro atoms. The molecule has 2 rings (SSSR count). The number of ether oxygens (including phenoxy) is 2. The summed E-state index contributed by atoms with van der Waals surface area (Å²) < 4.78 is 25.1. The minimum absolute atomic E-state index is 0.127. The summed E-state index contributed by atoms with van der Waals surface area (Å²) in [5, 5.41) is 20.8. The molecule has 1 saturated heterocycles. The van der Waals surface area contributed by atoms with Crippen molar-refractivity contribution in [3.05, 3.63) is 35.9 Å². The quantitative estimate of drug-likeness (QED) is 0.404. The zero-order valence-corrected chi connectivity index (χ0v) is 24.4. The van der Waals surface area contributed by atoms with Gasteiger partial charge >= 0.3 is 5.97 Å². The van der Waals surface area contributed by atoms with E-state index in [0.717, 1.165) is 0 Å². The van der Waals surface area contributed by atoms with Gasteiger partial charge in [-0.25, -0.2) is 4.79 Å². The van der Waals surface area contributed by atoms with Crippen molar-refractivity contribution in [3.8, 4) is 0 Å². The smallest absolute Gasteiger partial charge is 0.338 e. The Balaban J connectivity index is 2.51. The molecule has 1 heterocycles. The zero-order valence-electron chi connectivity index (χ0n) is 22.4. The molecule has 0 bridgehead atoms. The molecule has 2 N–H and O–H groups in total. The van der Waals surface area contributed by atoms with E-state index in [1.165, 1.54) is 0 Å². The molecule has 0 unspecified atom stereocenters. The molecular weight excluding hydrogens is 468 g/mol. The molecule has 1 aliphatic heterocycles. The minimum atomic E-state index is -2.40. The summed E-state index contributed by atoms with van der Waals surface area (Å²) in [4.78, 5) is 13.0. The normalized spacial score (nSPS) is 26.9. The van der Waals surface area contributed by atoms with Gasteiger partial charge in [0, 0.05) is 0 Å². The highest BCUT2D eigenvalue weighted by molar-refractivity contribution is 6.74. The first kappa shape index (κ1) is 29.2. The van der Waals surface area contributed by atoms with Crippen LogP contribution in [0.5, 0.6) is 0 Å². The van der Waals surface area contributed by atoms with Gasteiger partial charge in [-0.1, -0.05) is 59.7 Å². The average Bonchev–Trinajstić information content (AvgIpc) is 2.71. The molecule has 0 radical (unpaired) electrons. The molecule has 7 nitrogen and oxygen atoms in total. The van der Waals surface area contributed by atoms with Crippen LogP contribution in [0.4, 0.5) is 0 Å². The molecule has 0 amide bonds. The molecule has 0 saturated carbocycles. The number of rotatable bonds is 7. The van der Waals surface area contributed by atoms with Crippen LogP contribution in [0.2, 0.25) is 36.3 Å². The molecule has 34 heavy (non-hydrogen) atoms. The monoisotopic (exact) mass is 512 g/mol. The maximum atomic E-state index is 13.0. The first-order valence-corrected chi connectivity index (χ1v) is 17.8. The SMILES string of the molecule is CC(C)(C)[Si](C)(C)O[C@@H]1[C@@H](O[Si](C)(C)C(C)(C)C)[C@@H](O)O[C@H](CO)[C@H]1OC(=O)c1ccccc1.